The van der Waals surface area contributed by atoms with E-state index in [9.17, 15) is 9.59 Å². The van der Waals surface area contributed by atoms with Gasteiger partial charge in [0.1, 0.15) is 5.76 Å². The molecule has 0 bridgehead atoms. The monoisotopic (exact) mass is 276 g/mol. The lowest BCUT2D eigenvalue weighted by atomic mass is 10.1. The van der Waals surface area contributed by atoms with E-state index in [1.54, 1.807) is 0 Å². The fraction of sp³-hybridized carbons (Fsp3) is 0.333. The van der Waals surface area contributed by atoms with Crippen LogP contribution in [0, 0.1) is 0 Å². The largest absolute Gasteiger partial charge is 0.455 e. The van der Waals surface area contributed by atoms with Crippen LogP contribution in [0.1, 0.15) is 19.4 Å². The van der Waals surface area contributed by atoms with E-state index in [0.717, 1.165) is 5.56 Å². The lowest BCUT2D eigenvalue weighted by Crippen LogP contribution is -2.20. The number of esters is 2. The lowest BCUT2D eigenvalue weighted by molar-refractivity contribution is -0.144. The predicted octanol–water partition coefficient (Wildman–Crippen LogP) is 1.92. The van der Waals surface area contributed by atoms with Crippen LogP contribution in [0.5, 0.6) is 0 Å². The molecule has 106 valence electrons. The van der Waals surface area contributed by atoms with E-state index < -0.39 is 18.0 Å². The van der Waals surface area contributed by atoms with Crippen LogP contribution in [0.3, 0.4) is 0 Å². The number of ether oxygens (including phenoxy) is 3. The van der Waals surface area contributed by atoms with Gasteiger partial charge in [0.05, 0.1) is 13.2 Å². The molecule has 1 atom stereocenters. The highest BCUT2D eigenvalue weighted by atomic mass is 16.6. The van der Waals surface area contributed by atoms with Gasteiger partial charge < -0.3 is 14.2 Å². The summed E-state index contributed by atoms with van der Waals surface area (Å²) in [5.41, 5.74) is 1.42. The Morgan fingerprint density at radius 3 is 2.45 bits per heavy atom. The normalized spacial score (nSPS) is 20.4. The second-order valence-electron chi connectivity index (χ2n) is 4.43. The van der Waals surface area contributed by atoms with Crippen LogP contribution in [0.25, 0.3) is 5.76 Å². The maximum Gasteiger partial charge on any atom is 0.308 e. The number of hydrogen-bond acceptors (Lipinski definition) is 5. The Kier molecular flexibility index (Phi) is 4.53. The predicted molar refractivity (Wildman–Crippen MR) is 71.5 cm³/mol. The molecular weight excluding hydrogens is 260 g/mol. The van der Waals surface area contributed by atoms with Crippen molar-refractivity contribution in [2.75, 3.05) is 13.2 Å². The molecule has 2 rings (SSSR count). The number of benzene rings is 1. The van der Waals surface area contributed by atoms with E-state index in [2.05, 4.69) is 0 Å². The minimum absolute atomic E-state index is 0.270. The summed E-state index contributed by atoms with van der Waals surface area (Å²) in [5, 5.41) is 0. The van der Waals surface area contributed by atoms with Crippen molar-refractivity contribution in [2.45, 2.75) is 20.0 Å². The summed E-state index contributed by atoms with van der Waals surface area (Å²) in [7, 11) is 0. The van der Waals surface area contributed by atoms with Gasteiger partial charge in [0.2, 0.25) is 0 Å². The van der Waals surface area contributed by atoms with Gasteiger partial charge in [-0.1, -0.05) is 30.3 Å². The topological polar surface area (TPSA) is 61.8 Å². The van der Waals surface area contributed by atoms with Crippen molar-refractivity contribution >= 4 is 17.7 Å². The Bertz CT molecular complexity index is 532. The van der Waals surface area contributed by atoms with E-state index in [0.29, 0.717) is 11.3 Å². The van der Waals surface area contributed by atoms with Crippen molar-refractivity contribution in [1.29, 1.82) is 0 Å². The standard InChI is InChI=1S/C15H16O5/c1-10(16)19-14-9-18-8-13(14)15(20-11(2)17)12-6-4-3-5-7-12/h3-7,14H,8-9H2,1-2H3/b15-13-. The number of rotatable bonds is 3. The summed E-state index contributed by atoms with van der Waals surface area (Å²) < 4.78 is 15.8. The van der Waals surface area contributed by atoms with E-state index >= 15 is 0 Å². The molecule has 0 saturated carbocycles. The zero-order chi connectivity index (χ0) is 14.5. The Balaban J connectivity index is 2.40. The first-order valence-corrected chi connectivity index (χ1v) is 6.29. The lowest BCUT2D eigenvalue weighted by Gasteiger charge is -2.15. The fourth-order valence-corrected chi connectivity index (χ4v) is 2.03. The quantitative estimate of drug-likeness (QED) is 0.623. The summed E-state index contributed by atoms with van der Waals surface area (Å²) in [6, 6.07) is 9.21. The number of hydrogen-bond donors (Lipinski definition) is 0. The van der Waals surface area contributed by atoms with Crippen LogP contribution >= 0.6 is 0 Å². The van der Waals surface area contributed by atoms with Crippen LogP contribution in [0.4, 0.5) is 0 Å². The third-order valence-corrected chi connectivity index (χ3v) is 2.80. The Morgan fingerprint density at radius 2 is 1.85 bits per heavy atom. The smallest absolute Gasteiger partial charge is 0.308 e. The SMILES string of the molecule is CC(=O)O/C(=C1/COCC1OC(C)=O)c1ccccc1. The van der Waals surface area contributed by atoms with Gasteiger partial charge in [0, 0.05) is 25.0 Å². The molecule has 1 unspecified atom stereocenters. The molecule has 1 saturated heterocycles. The maximum atomic E-state index is 11.3. The van der Waals surface area contributed by atoms with Crippen molar-refractivity contribution in [3.05, 3.63) is 41.5 Å². The molecule has 1 aliphatic heterocycles. The molecule has 0 radical (unpaired) electrons. The first-order chi connectivity index (χ1) is 9.58. The van der Waals surface area contributed by atoms with Gasteiger partial charge in [-0.15, -0.1) is 0 Å². The average molecular weight is 276 g/mol. The molecule has 0 amide bonds. The number of carbonyl (C=O) groups excluding carboxylic acids is 2. The second-order valence-corrected chi connectivity index (χ2v) is 4.43. The molecule has 0 aliphatic carbocycles. The molecule has 1 aliphatic rings. The van der Waals surface area contributed by atoms with Gasteiger partial charge in [-0.3, -0.25) is 9.59 Å². The van der Waals surface area contributed by atoms with Crippen LogP contribution in [-0.4, -0.2) is 31.3 Å². The molecule has 1 aromatic carbocycles. The highest BCUT2D eigenvalue weighted by Gasteiger charge is 2.30. The summed E-state index contributed by atoms with van der Waals surface area (Å²) in [4.78, 5) is 22.4. The fourth-order valence-electron chi connectivity index (χ4n) is 2.03. The van der Waals surface area contributed by atoms with Gasteiger partial charge >= 0.3 is 11.9 Å². The van der Waals surface area contributed by atoms with Gasteiger partial charge in [-0.25, -0.2) is 0 Å². The summed E-state index contributed by atoms with van der Waals surface area (Å²) in [5.74, 6) is -0.417. The third kappa shape index (κ3) is 3.45. The zero-order valence-electron chi connectivity index (χ0n) is 11.4. The Labute approximate surface area is 117 Å². The molecule has 1 fully saturated rings. The first kappa shape index (κ1) is 14.3. The molecule has 0 aromatic heterocycles. The van der Waals surface area contributed by atoms with Crippen molar-refractivity contribution in [3.8, 4) is 0 Å². The zero-order valence-corrected chi connectivity index (χ0v) is 11.4. The van der Waals surface area contributed by atoms with Crippen molar-refractivity contribution in [3.63, 3.8) is 0 Å². The van der Waals surface area contributed by atoms with Crippen LogP contribution < -0.4 is 0 Å². The highest BCUT2D eigenvalue weighted by Crippen LogP contribution is 2.28. The molecular formula is C15H16O5. The van der Waals surface area contributed by atoms with Gasteiger partial charge in [0.25, 0.3) is 0 Å². The van der Waals surface area contributed by atoms with Gasteiger partial charge in [-0.2, -0.15) is 0 Å². The van der Waals surface area contributed by atoms with Gasteiger partial charge in [-0.05, 0) is 0 Å². The van der Waals surface area contributed by atoms with Crippen molar-refractivity contribution in [2.24, 2.45) is 0 Å². The summed E-state index contributed by atoms with van der Waals surface area (Å²) in [6.45, 7) is 3.21. The Hall–Kier alpha value is -2.14. The average Bonchev–Trinajstić information content (AvgIpc) is 2.84. The molecule has 0 N–H and O–H groups in total. The molecule has 20 heavy (non-hydrogen) atoms. The van der Waals surface area contributed by atoms with Crippen molar-refractivity contribution in [1.82, 2.24) is 0 Å². The molecule has 5 heteroatoms. The van der Waals surface area contributed by atoms with Crippen LogP contribution in [-0.2, 0) is 23.8 Å². The molecule has 1 heterocycles. The third-order valence-electron chi connectivity index (χ3n) is 2.80. The van der Waals surface area contributed by atoms with Crippen LogP contribution in [0.15, 0.2) is 35.9 Å². The minimum Gasteiger partial charge on any atom is -0.455 e. The summed E-state index contributed by atoms with van der Waals surface area (Å²) in [6.07, 6.45) is -0.512. The van der Waals surface area contributed by atoms with Crippen LogP contribution in [0.2, 0.25) is 0 Å². The van der Waals surface area contributed by atoms with E-state index in [-0.39, 0.29) is 13.2 Å². The van der Waals surface area contributed by atoms with E-state index in [4.69, 9.17) is 14.2 Å². The summed E-state index contributed by atoms with van der Waals surface area (Å²) >= 11 is 0. The molecule has 0 spiro atoms. The van der Waals surface area contributed by atoms with Crippen molar-refractivity contribution < 1.29 is 23.8 Å². The van der Waals surface area contributed by atoms with Gasteiger partial charge in [0.15, 0.2) is 6.10 Å². The second kappa shape index (κ2) is 6.34. The van der Waals surface area contributed by atoms with E-state index in [1.165, 1.54) is 13.8 Å². The highest BCUT2D eigenvalue weighted by molar-refractivity contribution is 5.78. The Morgan fingerprint density at radius 1 is 1.15 bits per heavy atom. The maximum absolute atomic E-state index is 11.3. The molecule has 1 aromatic rings. The first-order valence-electron chi connectivity index (χ1n) is 6.29. The molecule has 5 nitrogen and oxygen atoms in total. The number of carbonyl (C=O) groups is 2. The van der Waals surface area contributed by atoms with E-state index in [1.807, 2.05) is 30.3 Å². The minimum atomic E-state index is -0.512.